The summed E-state index contributed by atoms with van der Waals surface area (Å²) in [7, 11) is 1.32. The van der Waals surface area contributed by atoms with Gasteiger partial charge >= 0.3 is 5.97 Å². The molecule has 3 aromatic rings. The standard InChI is InChI=1S/C19H16ClN3O4/c1-11-3-8-14(9-15(11)20)21-17(24)10-16-22-18(27-23-16)12-4-6-13(7-5-12)19(25)26-2/h3-9H,10H2,1-2H3,(H,21,24). The molecular weight excluding hydrogens is 370 g/mol. The largest absolute Gasteiger partial charge is 0.465 e. The number of rotatable bonds is 5. The van der Waals surface area contributed by atoms with Crippen LogP contribution in [0.25, 0.3) is 11.5 Å². The summed E-state index contributed by atoms with van der Waals surface area (Å²) in [4.78, 5) is 27.8. The van der Waals surface area contributed by atoms with Gasteiger partial charge in [-0.05, 0) is 48.9 Å². The van der Waals surface area contributed by atoms with Crippen molar-refractivity contribution < 1.29 is 18.8 Å². The molecule has 8 heteroatoms. The van der Waals surface area contributed by atoms with Crippen molar-refractivity contribution in [3.05, 3.63) is 64.4 Å². The Balaban J connectivity index is 1.65. The number of aromatic nitrogens is 2. The van der Waals surface area contributed by atoms with Crippen molar-refractivity contribution in [2.45, 2.75) is 13.3 Å². The number of carbonyl (C=O) groups is 2. The molecule has 0 aliphatic carbocycles. The summed E-state index contributed by atoms with van der Waals surface area (Å²) >= 11 is 6.05. The van der Waals surface area contributed by atoms with Crippen LogP contribution in [0.3, 0.4) is 0 Å². The molecule has 2 aromatic carbocycles. The van der Waals surface area contributed by atoms with E-state index in [2.05, 4.69) is 20.2 Å². The van der Waals surface area contributed by atoms with Crippen LogP contribution in [0.2, 0.25) is 5.02 Å². The van der Waals surface area contributed by atoms with E-state index in [-0.39, 0.29) is 24.0 Å². The van der Waals surface area contributed by atoms with Gasteiger partial charge in [0.05, 0.1) is 19.1 Å². The maximum atomic E-state index is 12.1. The number of benzene rings is 2. The summed E-state index contributed by atoms with van der Waals surface area (Å²) in [5, 5.41) is 7.13. The summed E-state index contributed by atoms with van der Waals surface area (Å²) in [6.07, 6.45) is -0.0464. The van der Waals surface area contributed by atoms with Crippen molar-refractivity contribution in [1.29, 1.82) is 0 Å². The Morgan fingerprint density at radius 3 is 2.59 bits per heavy atom. The first-order valence-corrected chi connectivity index (χ1v) is 8.41. The number of carbonyl (C=O) groups excluding carboxylic acids is 2. The van der Waals surface area contributed by atoms with Crippen molar-refractivity contribution in [3.8, 4) is 11.5 Å². The highest BCUT2D eigenvalue weighted by Gasteiger charge is 2.14. The number of hydrogen-bond acceptors (Lipinski definition) is 6. The van der Waals surface area contributed by atoms with E-state index >= 15 is 0 Å². The van der Waals surface area contributed by atoms with Crippen LogP contribution < -0.4 is 5.32 Å². The van der Waals surface area contributed by atoms with Crippen molar-refractivity contribution in [2.75, 3.05) is 12.4 Å². The van der Waals surface area contributed by atoms with Crippen LogP contribution in [-0.2, 0) is 16.0 Å². The van der Waals surface area contributed by atoms with Gasteiger partial charge in [0, 0.05) is 16.3 Å². The van der Waals surface area contributed by atoms with Crippen LogP contribution in [-0.4, -0.2) is 29.1 Å². The number of anilines is 1. The van der Waals surface area contributed by atoms with Crippen LogP contribution in [0, 0.1) is 6.92 Å². The second-order valence-electron chi connectivity index (χ2n) is 5.77. The second-order valence-corrected chi connectivity index (χ2v) is 6.18. The first-order valence-electron chi connectivity index (χ1n) is 8.03. The average Bonchev–Trinajstić information content (AvgIpc) is 3.12. The lowest BCUT2D eigenvalue weighted by Crippen LogP contribution is -2.15. The number of aryl methyl sites for hydroxylation is 1. The zero-order valence-corrected chi connectivity index (χ0v) is 15.4. The lowest BCUT2D eigenvalue weighted by Gasteiger charge is -2.05. The second kappa shape index (κ2) is 8.01. The first-order chi connectivity index (χ1) is 13.0. The minimum Gasteiger partial charge on any atom is -0.465 e. The molecule has 1 N–H and O–H groups in total. The van der Waals surface area contributed by atoms with Gasteiger partial charge in [0.15, 0.2) is 5.82 Å². The third-order valence-electron chi connectivity index (χ3n) is 3.80. The summed E-state index contributed by atoms with van der Waals surface area (Å²) in [6, 6.07) is 11.8. The van der Waals surface area contributed by atoms with Crippen molar-refractivity contribution in [2.24, 2.45) is 0 Å². The Hall–Kier alpha value is -3.19. The highest BCUT2D eigenvalue weighted by atomic mass is 35.5. The fourth-order valence-electron chi connectivity index (χ4n) is 2.33. The third kappa shape index (κ3) is 4.51. The van der Waals surface area contributed by atoms with Gasteiger partial charge in [-0.3, -0.25) is 4.79 Å². The van der Waals surface area contributed by atoms with Crippen LogP contribution in [0.15, 0.2) is 47.0 Å². The third-order valence-corrected chi connectivity index (χ3v) is 4.20. The van der Waals surface area contributed by atoms with Gasteiger partial charge in [0.2, 0.25) is 5.91 Å². The fourth-order valence-corrected chi connectivity index (χ4v) is 2.51. The molecule has 3 rings (SSSR count). The Kier molecular flexibility index (Phi) is 5.52. The molecule has 0 saturated carbocycles. The quantitative estimate of drug-likeness (QED) is 0.673. The molecule has 7 nitrogen and oxygen atoms in total. The summed E-state index contributed by atoms with van der Waals surface area (Å²) in [5.41, 5.74) is 2.57. The molecule has 1 aromatic heterocycles. The molecule has 0 atom stereocenters. The molecule has 0 unspecified atom stereocenters. The number of halogens is 1. The van der Waals surface area contributed by atoms with Gasteiger partial charge < -0.3 is 14.6 Å². The lowest BCUT2D eigenvalue weighted by atomic mass is 10.1. The van der Waals surface area contributed by atoms with Gasteiger partial charge in [0.25, 0.3) is 5.89 Å². The number of ether oxygens (including phenoxy) is 1. The maximum Gasteiger partial charge on any atom is 0.337 e. The number of nitrogens with zero attached hydrogens (tertiary/aromatic N) is 2. The Bertz CT molecular complexity index is 983. The first kappa shape index (κ1) is 18.6. The lowest BCUT2D eigenvalue weighted by molar-refractivity contribution is -0.115. The number of hydrogen-bond donors (Lipinski definition) is 1. The van der Waals surface area contributed by atoms with E-state index in [1.165, 1.54) is 7.11 Å². The molecule has 0 aliphatic heterocycles. The van der Waals surface area contributed by atoms with Gasteiger partial charge in [-0.1, -0.05) is 22.8 Å². The van der Waals surface area contributed by atoms with E-state index in [0.29, 0.717) is 21.8 Å². The molecule has 27 heavy (non-hydrogen) atoms. The van der Waals surface area contributed by atoms with Crippen LogP contribution in [0.5, 0.6) is 0 Å². The minimum atomic E-state index is -0.430. The number of amides is 1. The van der Waals surface area contributed by atoms with Crippen molar-refractivity contribution in [3.63, 3.8) is 0 Å². The Morgan fingerprint density at radius 1 is 1.19 bits per heavy atom. The van der Waals surface area contributed by atoms with Crippen molar-refractivity contribution in [1.82, 2.24) is 10.1 Å². The topological polar surface area (TPSA) is 94.3 Å². The van der Waals surface area contributed by atoms with Gasteiger partial charge in [0.1, 0.15) is 0 Å². The zero-order valence-electron chi connectivity index (χ0n) is 14.7. The summed E-state index contributed by atoms with van der Waals surface area (Å²) in [5.74, 6) is -0.214. The van der Waals surface area contributed by atoms with Gasteiger partial charge in [-0.2, -0.15) is 4.98 Å². The number of methoxy groups -OCH3 is 1. The van der Waals surface area contributed by atoms with E-state index in [9.17, 15) is 9.59 Å². The summed E-state index contributed by atoms with van der Waals surface area (Å²) < 4.78 is 9.83. The highest BCUT2D eigenvalue weighted by Crippen LogP contribution is 2.21. The van der Waals surface area contributed by atoms with Crippen molar-refractivity contribution >= 4 is 29.2 Å². The van der Waals surface area contributed by atoms with Gasteiger partial charge in [-0.15, -0.1) is 0 Å². The van der Waals surface area contributed by atoms with Crippen LogP contribution >= 0.6 is 11.6 Å². The molecule has 1 amide bonds. The smallest absolute Gasteiger partial charge is 0.337 e. The number of esters is 1. The molecule has 0 fully saturated rings. The Morgan fingerprint density at radius 2 is 1.93 bits per heavy atom. The monoisotopic (exact) mass is 385 g/mol. The molecule has 1 heterocycles. The average molecular weight is 386 g/mol. The predicted molar refractivity (Wildman–Crippen MR) is 99.6 cm³/mol. The molecular formula is C19H16ClN3O4. The number of nitrogens with one attached hydrogen (secondary N) is 1. The van der Waals surface area contributed by atoms with Crippen LogP contribution in [0.1, 0.15) is 21.7 Å². The molecule has 0 saturated heterocycles. The molecule has 0 radical (unpaired) electrons. The normalized spacial score (nSPS) is 10.5. The predicted octanol–water partition coefficient (Wildman–Crippen LogP) is 3.67. The maximum absolute atomic E-state index is 12.1. The van der Waals surface area contributed by atoms with E-state index in [1.54, 1.807) is 36.4 Å². The summed E-state index contributed by atoms with van der Waals surface area (Å²) in [6.45, 7) is 1.88. The fraction of sp³-hybridized carbons (Fsp3) is 0.158. The van der Waals surface area contributed by atoms with E-state index < -0.39 is 5.97 Å². The SMILES string of the molecule is COC(=O)c1ccc(-c2nc(CC(=O)Nc3ccc(C)c(Cl)c3)no2)cc1. The van der Waals surface area contributed by atoms with E-state index in [1.807, 2.05) is 13.0 Å². The molecule has 138 valence electrons. The minimum absolute atomic E-state index is 0.0464. The van der Waals surface area contributed by atoms with E-state index in [0.717, 1.165) is 5.56 Å². The van der Waals surface area contributed by atoms with E-state index in [4.69, 9.17) is 16.1 Å². The molecule has 0 aliphatic rings. The molecule has 0 bridgehead atoms. The van der Waals surface area contributed by atoms with Gasteiger partial charge in [-0.25, -0.2) is 4.79 Å². The highest BCUT2D eigenvalue weighted by molar-refractivity contribution is 6.31. The van der Waals surface area contributed by atoms with Crippen LogP contribution in [0.4, 0.5) is 5.69 Å². The Labute approximate surface area is 160 Å². The zero-order chi connectivity index (χ0) is 19.4. The molecule has 0 spiro atoms.